The largest absolute Gasteiger partial charge is 0.497 e. The molecule has 5 heteroatoms. The monoisotopic (exact) mass is 325 g/mol. The van der Waals surface area contributed by atoms with E-state index < -0.39 is 0 Å². The van der Waals surface area contributed by atoms with Crippen LogP contribution < -0.4 is 14.4 Å². The van der Waals surface area contributed by atoms with Gasteiger partial charge in [-0.15, -0.1) is 0 Å². The predicted molar refractivity (Wildman–Crippen MR) is 92.9 cm³/mol. The van der Waals surface area contributed by atoms with E-state index >= 15 is 0 Å². The number of methoxy groups -OCH3 is 1. The van der Waals surface area contributed by atoms with Crippen LogP contribution in [0, 0.1) is 5.92 Å². The van der Waals surface area contributed by atoms with E-state index in [1.54, 1.807) is 7.11 Å². The molecule has 2 aliphatic heterocycles. The smallest absolute Gasteiger partial charge is 0.126 e. The summed E-state index contributed by atoms with van der Waals surface area (Å²) in [6.07, 6.45) is 6.34. The summed E-state index contributed by atoms with van der Waals surface area (Å²) in [5, 5.41) is 8.55. The third kappa shape index (κ3) is 3.16. The van der Waals surface area contributed by atoms with Crippen LogP contribution >= 0.6 is 0 Å². The van der Waals surface area contributed by atoms with Crippen molar-refractivity contribution >= 4 is 5.69 Å². The fourth-order valence-electron chi connectivity index (χ4n) is 3.62. The van der Waals surface area contributed by atoms with Crippen LogP contribution in [0.5, 0.6) is 11.5 Å². The number of nitrogens with zero attached hydrogens (tertiary/aromatic N) is 3. The molecule has 0 spiro atoms. The summed E-state index contributed by atoms with van der Waals surface area (Å²) in [5.41, 5.74) is 3.51. The van der Waals surface area contributed by atoms with Gasteiger partial charge in [0, 0.05) is 25.1 Å². The second-order valence-corrected chi connectivity index (χ2v) is 6.66. The molecule has 1 aromatic heterocycles. The first kappa shape index (κ1) is 15.2. The first-order valence-corrected chi connectivity index (χ1v) is 8.68. The summed E-state index contributed by atoms with van der Waals surface area (Å²) >= 11 is 0. The summed E-state index contributed by atoms with van der Waals surface area (Å²) in [7, 11) is 1.68. The first-order valence-electron chi connectivity index (χ1n) is 8.68. The molecule has 0 N–H and O–H groups in total. The zero-order chi connectivity index (χ0) is 16.4. The molecule has 126 valence electrons. The van der Waals surface area contributed by atoms with Crippen LogP contribution in [0.25, 0.3) is 0 Å². The number of aromatic nitrogens is 2. The SMILES string of the molecule is COc1ccc2c(c1)OC[C@H](Cc1cc(N3CCCC3)cnn1)C2. The molecule has 2 aromatic rings. The second kappa shape index (κ2) is 6.67. The zero-order valence-electron chi connectivity index (χ0n) is 14.1. The van der Waals surface area contributed by atoms with Crippen molar-refractivity contribution in [3.05, 3.63) is 41.7 Å². The van der Waals surface area contributed by atoms with E-state index in [4.69, 9.17) is 9.47 Å². The van der Waals surface area contributed by atoms with Gasteiger partial charge in [-0.25, -0.2) is 0 Å². The van der Waals surface area contributed by atoms with Gasteiger partial charge in [-0.3, -0.25) is 0 Å². The van der Waals surface area contributed by atoms with Crippen LogP contribution in [0.2, 0.25) is 0 Å². The van der Waals surface area contributed by atoms with Gasteiger partial charge in [0.1, 0.15) is 11.5 Å². The minimum Gasteiger partial charge on any atom is -0.497 e. The second-order valence-electron chi connectivity index (χ2n) is 6.66. The molecule has 0 bridgehead atoms. The van der Waals surface area contributed by atoms with E-state index in [2.05, 4.69) is 27.2 Å². The van der Waals surface area contributed by atoms with Crippen molar-refractivity contribution in [2.75, 3.05) is 31.7 Å². The number of ether oxygens (including phenoxy) is 2. The van der Waals surface area contributed by atoms with Crippen LogP contribution in [0.4, 0.5) is 5.69 Å². The maximum absolute atomic E-state index is 5.94. The quantitative estimate of drug-likeness (QED) is 0.865. The van der Waals surface area contributed by atoms with Crippen LogP contribution in [-0.4, -0.2) is 37.0 Å². The molecule has 0 unspecified atom stereocenters. The van der Waals surface area contributed by atoms with Crippen molar-refractivity contribution in [2.24, 2.45) is 5.92 Å². The first-order chi connectivity index (χ1) is 11.8. The Bertz CT molecular complexity index is 714. The number of benzene rings is 1. The van der Waals surface area contributed by atoms with Crippen LogP contribution in [-0.2, 0) is 12.8 Å². The number of hydrogen-bond donors (Lipinski definition) is 0. The van der Waals surface area contributed by atoms with Gasteiger partial charge in [-0.2, -0.15) is 10.2 Å². The van der Waals surface area contributed by atoms with E-state index in [-0.39, 0.29) is 0 Å². The number of anilines is 1. The lowest BCUT2D eigenvalue weighted by atomic mass is 9.92. The maximum Gasteiger partial charge on any atom is 0.126 e. The Morgan fingerprint density at radius 1 is 1.25 bits per heavy atom. The minimum atomic E-state index is 0.439. The van der Waals surface area contributed by atoms with Crippen molar-refractivity contribution in [2.45, 2.75) is 25.7 Å². The highest BCUT2D eigenvalue weighted by molar-refractivity contribution is 5.46. The zero-order valence-corrected chi connectivity index (χ0v) is 14.1. The Morgan fingerprint density at radius 2 is 2.12 bits per heavy atom. The van der Waals surface area contributed by atoms with Crippen molar-refractivity contribution in [3.8, 4) is 11.5 Å². The average molecular weight is 325 g/mol. The molecule has 5 nitrogen and oxygen atoms in total. The molecule has 0 amide bonds. The Morgan fingerprint density at radius 3 is 2.96 bits per heavy atom. The lowest BCUT2D eigenvalue weighted by Gasteiger charge is -2.25. The van der Waals surface area contributed by atoms with Crippen LogP contribution in [0.15, 0.2) is 30.5 Å². The van der Waals surface area contributed by atoms with Crippen molar-refractivity contribution < 1.29 is 9.47 Å². The van der Waals surface area contributed by atoms with Crippen molar-refractivity contribution in [1.29, 1.82) is 0 Å². The van der Waals surface area contributed by atoms with Gasteiger partial charge in [0.2, 0.25) is 0 Å². The van der Waals surface area contributed by atoms with Gasteiger partial charge in [-0.05, 0) is 43.4 Å². The molecule has 1 aromatic carbocycles. The molecule has 2 aliphatic rings. The average Bonchev–Trinajstić information content (AvgIpc) is 3.16. The Labute approximate surface area is 142 Å². The fraction of sp³-hybridized carbons (Fsp3) is 0.474. The normalized spacial score (nSPS) is 19.7. The Balaban J connectivity index is 1.45. The summed E-state index contributed by atoms with van der Waals surface area (Å²) < 4.78 is 11.2. The highest BCUT2D eigenvalue weighted by atomic mass is 16.5. The molecule has 0 aliphatic carbocycles. The fourth-order valence-corrected chi connectivity index (χ4v) is 3.62. The molecular weight excluding hydrogens is 302 g/mol. The molecule has 0 saturated carbocycles. The molecule has 1 fully saturated rings. The van der Waals surface area contributed by atoms with E-state index in [1.807, 2.05) is 18.3 Å². The number of rotatable bonds is 4. The maximum atomic E-state index is 5.94. The molecule has 1 saturated heterocycles. The number of fused-ring (bicyclic) bond motifs is 1. The summed E-state index contributed by atoms with van der Waals surface area (Å²) in [5.74, 6) is 2.23. The molecule has 4 rings (SSSR count). The van der Waals surface area contributed by atoms with Gasteiger partial charge in [0.15, 0.2) is 0 Å². The Hall–Kier alpha value is -2.30. The highest BCUT2D eigenvalue weighted by Crippen LogP contribution is 2.32. The molecule has 24 heavy (non-hydrogen) atoms. The van der Waals surface area contributed by atoms with E-state index in [0.717, 1.165) is 49.7 Å². The summed E-state index contributed by atoms with van der Waals surface area (Å²) in [6, 6.07) is 8.27. The van der Waals surface area contributed by atoms with Gasteiger partial charge in [-0.1, -0.05) is 6.07 Å². The molecular formula is C19H23N3O2. The van der Waals surface area contributed by atoms with Gasteiger partial charge >= 0.3 is 0 Å². The summed E-state index contributed by atoms with van der Waals surface area (Å²) in [4.78, 5) is 2.40. The third-order valence-electron chi connectivity index (χ3n) is 4.92. The standard InChI is InChI=1S/C19H23N3O2/c1-23-18-5-4-15-8-14(13-24-19(15)11-18)9-16-10-17(12-20-21-16)22-6-2-3-7-22/h4-5,10-12,14H,2-3,6-9,13H2,1H3/t14-/m0/s1. The van der Waals surface area contributed by atoms with Crippen LogP contribution in [0.1, 0.15) is 24.1 Å². The lowest BCUT2D eigenvalue weighted by molar-refractivity contribution is 0.219. The molecule has 3 heterocycles. The van der Waals surface area contributed by atoms with Crippen molar-refractivity contribution in [3.63, 3.8) is 0 Å². The van der Waals surface area contributed by atoms with Gasteiger partial charge in [0.05, 0.1) is 31.3 Å². The van der Waals surface area contributed by atoms with Gasteiger partial charge in [0.25, 0.3) is 0 Å². The molecule has 0 radical (unpaired) electrons. The van der Waals surface area contributed by atoms with Gasteiger partial charge < -0.3 is 14.4 Å². The van der Waals surface area contributed by atoms with Crippen LogP contribution in [0.3, 0.4) is 0 Å². The Kier molecular flexibility index (Phi) is 4.24. The van der Waals surface area contributed by atoms with E-state index in [0.29, 0.717) is 5.92 Å². The van der Waals surface area contributed by atoms with E-state index in [9.17, 15) is 0 Å². The predicted octanol–water partition coefficient (Wildman–Crippen LogP) is 2.88. The topological polar surface area (TPSA) is 47.5 Å². The number of hydrogen-bond acceptors (Lipinski definition) is 5. The highest BCUT2D eigenvalue weighted by Gasteiger charge is 2.22. The third-order valence-corrected chi connectivity index (χ3v) is 4.92. The molecule has 1 atom stereocenters. The summed E-state index contributed by atoms with van der Waals surface area (Å²) in [6.45, 7) is 2.98. The van der Waals surface area contributed by atoms with Crippen molar-refractivity contribution in [1.82, 2.24) is 10.2 Å². The minimum absolute atomic E-state index is 0.439. The lowest BCUT2D eigenvalue weighted by Crippen LogP contribution is -2.24. The van der Waals surface area contributed by atoms with E-state index in [1.165, 1.54) is 24.1 Å².